The molecule has 28 heavy (non-hydrogen) atoms. The summed E-state index contributed by atoms with van der Waals surface area (Å²) in [5, 5.41) is 0. The molecule has 1 aromatic heterocycles. The highest BCUT2D eigenvalue weighted by Gasteiger charge is 2.19. The predicted molar refractivity (Wildman–Crippen MR) is 106 cm³/mol. The second-order valence-corrected chi connectivity index (χ2v) is 7.02. The first-order valence-corrected chi connectivity index (χ1v) is 9.22. The molecule has 0 saturated heterocycles. The largest absolute Gasteiger partial charge is 0.493 e. The average Bonchev–Trinajstić information content (AvgIpc) is 2.91. The molecule has 0 radical (unpaired) electrons. The van der Waals surface area contributed by atoms with Gasteiger partial charge in [0.15, 0.2) is 11.5 Å². The summed E-state index contributed by atoms with van der Waals surface area (Å²) >= 11 is 0. The zero-order valence-corrected chi connectivity index (χ0v) is 17.3. The predicted octanol–water partition coefficient (Wildman–Crippen LogP) is 3.71. The van der Waals surface area contributed by atoms with Crippen molar-refractivity contribution in [2.24, 2.45) is 5.92 Å². The van der Waals surface area contributed by atoms with E-state index in [1.54, 1.807) is 39.0 Å². The van der Waals surface area contributed by atoms with Crippen LogP contribution in [0.5, 0.6) is 11.5 Å². The number of ether oxygens (including phenoxy) is 2. The SMILES string of the molecule is COc1cc(C(=O)NNC(=O)c2c(C)oc(C)c2C)ccc1OCCC(C)C. The minimum Gasteiger partial charge on any atom is -0.493 e. The van der Waals surface area contributed by atoms with Gasteiger partial charge in [-0.2, -0.15) is 0 Å². The molecule has 0 saturated carbocycles. The zero-order valence-electron chi connectivity index (χ0n) is 17.3. The van der Waals surface area contributed by atoms with E-state index in [9.17, 15) is 9.59 Å². The van der Waals surface area contributed by atoms with Gasteiger partial charge in [-0.3, -0.25) is 20.4 Å². The summed E-state index contributed by atoms with van der Waals surface area (Å²) in [5.74, 6) is 1.85. The fourth-order valence-corrected chi connectivity index (χ4v) is 2.71. The Bertz CT molecular complexity index is 855. The van der Waals surface area contributed by atoms with Crippen LogP contribution in [0.4, 0.5) is 0 Å². The van der Waals surface area contributed by atoms with Crippen LogP contribution in [-0.4, -0.2) is 25.5 Å². The number of rotatable bonds is 7. The van der Waals surface area contributed by atoms with Crippen molar-refractivity contribution in [1.29, 1.82) is 0 Å². The number of aryl methyl sites for hydroxylation is 2. The maximum Gasteiger partial charge on any atom is 0.273 e. The second kappa shape index (κ2) is 9.30. The van der Waals surface area contributed by atoms with Crippen LogP contribution in [0.15, 0.2) is 22.6 Å². The number of carbonyl (C=O) groups excluding carboxylic acids is 2. The van der Waals surface area contributed by atoms with E-state index >= 15 is 0 Å². The number of furan rings is 1. The highest BCUT2D eigenvalue weighted by Crippen LogP contribution is 2.28. The number of nitrogens with one attached hydrogen (secondary N) is 2. The van der Waals surface area contributed by atoms with E-state index < -0.39 is 11.8 Å². The Morgan fingerprint density at radius 3 is 2.29 bits per heavy atom. The Kier molecular flexibility index (Phi) is 7.09. The molecule has 2 amide bonds. The topological polar surface area (TPSA) is 89.8 Å². The molecule has 0 aliphatic rings. The Balaban J connectivity index is 2.02. The van der Waals surface area contributed by atoms with E-state index in [4.69, 9.17) is 13.9 Å². The lowest BCUT2D eigenvalue weighted by molar-refractivity contribution is 0.0845. The van der Waals surface area contributed by atoms with E-state index in [0.717, 1.165) is 12.0 Å². The van der Waals surface area contributed by atoms with Crippen LogP contribution in [0.3, 0.4) is 0 Å². The van der Waals surface area contributed by atoms with Crippen molar-refractivity contribution in [3.8, 4) is 11.5 Å². The Labute approximate surface area is 165 Å². The van der Waals surface area contributed by atoms with Crippen LogP contribution in [0, 0.1) is 26.7 Å². The van der Waals surface area contributed by atoms with Gasteiger partial charge in [0.25, 0.3) is 11.8 Å². The number of carbonyl (C=O) groups is 2. The van der Waals surface area contributed by atoms with E-state index in [1.165, 1.54) is 7.11 Å². The molecule has 0 spiro atoms. The summed E-state index contributed by atoms with van der Waals surface area (Å²) in [6.07, 6.45) is 0.920. The lowest BCUT2D eigenvalue weighted by Crippen LogP contribution is -2.42. The number of amides is 2. The monoisotopic (exact) mass is 388 g/mol. The molecule has 2 rings (SSSR count). The molecule has 0 unspecified atom stereocenters. The number of benzene rings is 1. The molecule has 0 aliphatic carbocycles. The molecule has 2 aromatic rings. The maximum atomic E-state index is 12.4. The van der Waals surface area contributed by atoms with Gasteiger partial charge in [-0.05, 0) is 51.3 Å². The van der Waals surface area contributed by atoms with Crippen LogP contribution >= 0.6 is 0 Å². The van der Waals surface area contributed by atoms with E-state index in [-0.39, 0.29) is 0 Å². The summed E-state index contributed by atoms with van der Waals surface area (Å²) in [7, 11) is 1.51. The fourth-order valence-electron chi connectivity index (χ4n) is 2.71. The fraction of sp³-hybridized carbons (Fsp3) is 0.429. The molecule has 0 atom stereocenters. The van der Waals surface area contributed by atoms with E-state index in [0.29, 0.717) is 46.7 Å². The lowest BCUT2D eigenvalue weighted by Gasteiger charge is -2.13. The second-order valence-electron chi connectivity index (χ2n) is 7.02. The smallest absolute Gasteiger partial charge is 0.273 e. The van der Waals surface area contributed by atoms with Gasteiger partial charge >= 0.3 is 0 Å². The molecule has 2 N–H and O–H groups in total. The normalized spacial score (nSPS) is 10.7. The Morgan fingerprint density at radius 1 is 1.04 bits per heavy atom. The van der Waals surface area contributed by atoms with Gasteiger partial charge in [0.05, 0.1) is 19.3 Å². The average molecular weight is 388 g/mol. The summed E-state index contributed by atoms with van der Waals surface area (Å²) in [6, 6.07) is 4.88. The number of hydrogen-bond acceptors (Lipinski definition) is 5. The highest BCUT2D eigenvalue weighted by molar-refractivity contribution is 6.00. The molecule has 1 aromatic carbocycles. The minimum absolute atomic E-state index is 0.338. The maximum absolute atomic E-state index is 12.4. The zero-order chi connectivity index (χ0) is 20.8. The number of hydrazine groups is 1. The molecule has 152 valence electrons. The van der Waals surface area contributed by atoms with Crippen LogP contribution < -0.4 is 20.3 Å². The molecule has 0 bridgehead atoms. The Hall–Kier alpha value is -2.96. The third-order valence-corrected chi connectivity index (χ3v) is 4.46. The van der Waals surface area contributed by atoms with Crippen LogP contribution in [0.25, 0.3) is 0 Å². The summed E-state index contributed by atoms with van der Waals surface area (Å²) < 4.78 is 16.5. The number of methoxy groups -OCH3 is 1. The van der Waals surface area contributed by atoms with Crippen LogP contribution in [0.2, 0.25) is 0 Å². The van der Waals surface area contributed by atoms with Gasteiger partial charge in [-0.1, -0.05) is 13.8 Å². The molecular weight excluding hydrogens is 360 g/mol. The molecule has 7 nitrogen and oxygen atoms in total. The van der Waals surface area contributed by atoms with Gasteiger partial charge in [-0.15, -0.1) is 0 Å². The first-order valence-electron chi connectivity index (χ1n) is 9.22. The van der Waals surface area contributed by atoms with E-state index in [1.807, 2.05) is 0 Å². The standard InChI is InChI=1S/C21H28N2O5/c1-12(2)9-10-27-17-8-7-16(11-18(17)26-6)20(24)22-23-21(25)19-13(3)14(4)28-15(19)5/h7-8,11-12H,9-10H2,1-6H3,(H,22,24)(H,23,25). The van der Waals surface area contributed by atoms with Crippen molar-refractivity contribution < 1.29 is 23.5 Å². The quantitative estimate of drug-likeness (QED) is 0.706. The van der Waals surface area contributed by atoms with Crippen molar-refractivity contribution in [3.63, 3.8) is 0 Å². The van der Waals surface area contributed by atoms with Gasteiger partial charge < -0.3 is 13.9 Å². The van der Waals surface area contributed by atoms with Gasteiger partial charge in [0.1, 0.15) is 11.5 Å². The summed E-state index contributed by atoms with van der Waals surface area (Å²) in [5.41, 5.74) is 6.34. The first kappa shape index (κ1) is 21.3. The summed E-state index contributed by atoms with van der Waals surface area (Å²) in [6.45, 7) is 10.1. The lowest BCUT2D eigenvalue weighted by atomic mass is 10.1. The van der Waals surface area contributed by atoms with Crippen LogP contribution in [-0.2, 0) is 0 Å². The number of hydrogen-bond donors (Lipinski definition) is 2. The van der Waals surface area contributed by atoms with Crippen molar-refractivity contribution in [3.05, 3.63) is 46.4 Å². The first-order chi connectivity index (χ1) is 13.2. The van der Waals surface area contributed by atoms with Gasteiger partial charge in [0.2, 0.25) is 0 Å². The summed E-state index contributed by atoms with van der Waals surface area (Å²) in [4.78, 5) is 24.7. The van der Waals surface area contributed by atoms with Crippen molar-refractivity contribution in [1.82, 2.24) is 10.9 Å². The molecule has 0 aliphatic heterocycles. The Morgan fingerprint density at radius 2 is 1.71 bits per heavy atom. The van der Waals surface area contributed by atoms with Gasteiger partial charge in [-0.25, -0.2) is 0 Å². The van der Waals surface area contributed by atoms with Crippen molar-refractivity contribution in [2.45, 2.75) is 41.0 Å². The molecule has 1 heterocycles. The van der Waals surface area contributed by atoms with Crippen molar-refractivity contribution >= 4 is 11.8 Å². The third kappa shape index (κ3) is 5.06. The van der Waals surface area contributed by atoms with Crippen LogP contribution in [0.1, 0.15) is 58.1 Å². The minimum atomic E-state index is -0.462. The van der Waals surface area contributed by atoms with Crippen molar-refractivity contribution in [2.75, 3.05) is 13.7 Å². The molecule has 7 heteroatoms. The molecular formula is C21H28N2O5. The van der Waals surface area contributed by atoms with E-state index in [2.05, 4.69) is 24.7 Å². The third-order valence-electron chi connectivity index (χ3n) is 4.46. The molecule has 0 fully saturated rings. The van der Waals surface area contributed by atoms with Gasteiger partial charge in [0, 0.05) is 11.1 Å². The highest BCUT2D eigenvalue weighted by atomic mass is 16.5.